The first kappa shape index (κ1) is 21.2. The average Bonchev–Trinajstić information content (AvgIpc) is 2.64. The Labute approximate surface area is 163 Å². The quantitative estimate of drug-likeness (QED) is 0.705. The van der Waals surface area contributed by atoms with E-state index in [9.17, 15) is 0 Å². The number of fused-ring (bicyclic) bond motifs is 1. The standard InChI is InChI=1S/C17H24FN5O3.ClH/c1-10-9-20-4-5-23(10)17-21-14-11(16(19)22-17)8-12(25-3)15(13(14)18)26-7-6-24-2;/h8,10,20H,4-7,9H2,1-3H3,(H2,19,21,22);1H. The third-order valence-electron chi connectivity index (χ3n) is 4.38. The van der Waals surface area contributed by atoms with Crippen LogP contribution in [0.5, 0.6) is 11.5 Å². The van der Waals surface area contributed by atoms with Crippen LogP contribution in [0.25, 0.3) is 10.9 Å². The molecule has 8 nitrogen and oxygen atoms in total. The van der Waals surface area contributed by atoms with Crippen LogP contribution in [0, 0.1) is 5.82 Å². The Morgan fingerprint density at radius 2 is 2.11 bits per heavy atom. The smallest absolute Gasteiger partial charge is 0.228 e. The highest BCUT2D eigenvalue weighted by molar-refractivity contribution is 5.92. The molecule has 10 heteroatoms. The number of halogens is 2. The number of rotatable bonds is 6. The third kappa shape index (κ3) is 4.26. The van der Waals surface area contributed by atoms with Gasteiger partial charge in [-0.2, -0.15) is 4.98 Å². The number of nitrogens with two attached hydrogens (primary N) is 1. The molecule has 0 saturated carbocycles. The molecule has 1 aromatic carbocycles. The van der Waals surface area contributed by atoms with E-state index in [1.54, 1.807) is 13.2 Å². The van der Waals surface area contributed by atoms with Crippen molar-refractivity contribution >= 4 is 35.1 Å². The number of ether oxygens (including phenoxy) is 3. The number of aromatic nitrogens is 2. The number of piperazine rings is 1. The molecule has 1 aliphatic rings. The minimum Gasteiger partial charge on any atom is -0.493 e. The fourth-order valence-electron chi connectivity index (χ4n) is 2.98. The molecule has 150 valence electrons. The Balaban J connectivity index is 0.00000261. The molecule has 1 saturated heterocycles. The van der Waals surface area contributed by atoms with Crippen molar-refractivity contribution in [2.75, 3.05) is 57.7 Å². The van der Waals surface area contributed by atoms with Crippen LogP contribution < -0.4 is 25.4 Å². The lowest BCUT2D eigenvalue weighted by atomic mass is 10.2. The molecular formula is C17H25ClFN5O3. The zero-order chi connectivity index (χ0) is 18.7. The van der Waals surface area contributed by atoms with E-state index in [2.05, 4.69) is 22.2 Å². The maximum atomic E-state index is 15.1. The third-order valence-corrected chi connectivity index (χ3v) is 4.38. The first-order valence-corrected chi connectivity index (χ1v) is 8.49. The topological polar surface area (TPSA) is 94.8 Å². The molecule has 3 rings (SSSR count). The number of nitrogens with one attached hydrogen (secondary N) is 1. The number of methoxy groups -OCH3 is 2. The molecule has 0 amide bonds. The van der Waals surface area contributed by atoms with Crippen molar-refractivity contribution in [1.82, 2.24) is 15.3 Å². The summed E-state index contributed by atoms with van der Waals surface area (Å²) in [7, 11) is 2.99. The molecule has 27 heavy (non-hydrogen) atoms. The zero-order valence-corrected chi connectivity index (χ0v) is 16.4. The maximum absolute atomic E-state index is 15.1. The lowest BCUT2D eigenvalue weighted by Crippen LogP contribution is -2.50. The molecule has 1 unspecified atom stereocenters. The Morgan fingerprint density at radius 1 is 1.33 bits per heavy atom. The Hall–Kier alpha value is -2.10. The van der Waals surface area contributed by atoms with Crippen molar-refractivity contribution in [3.05, 3.63) is 11.9 Å². The SMILES string of the molecule is COCCOc1c(OC)cc2c(N)nc(N3CCNCC3C)nc2c1F.Cl. The van der Waals surface area contributed by atoms with Gasteiger partial charge in [0.1, 0.15) is 17.9 Å². The second-order valence-corrected chi connectivity index (χ2v) is 6.11. The molecule has 3 N–H and O–H groups in total. The van der Waals surface area contributed by atoms with Gasteiger partial charge in [-0.15, -0.1) is 12.4 Å². The fraction of sp³-hybridized carbons (Fsp3) is 0.529. The molecule has 1 aromatic heterocycles. The van der Waals surface area contributed by atoms with Gasteiger partial charge >= 0.3 is 0 Å². The van der Waals surface area contributed by atoms with Crippen molar-refractivity contribution in [3.63, 3.8) is 0 Å². The van der Waals surface area contributed by atoms with E-state index in [0.717, 1.165) is 19.6 Å². The van der Waals surface area contributed by atoms with Crippen molar-refractivity contribution < 1.29 is 18.6 Å². The Bertz CT molecular complexity index is 795. The first-order chi connectivity index (χ1) is 12.6. The lowest BCUT2D eigenvalue weighted by molar-refractivity contribution is 0.141. The van der Waals surface area contributed by atoms with Crippen molar-refractivity contribution in [1.29, 1.82) is 0 Å². The number of nitrogen functional groups attached to an aromatic ring is 1. The second-order valence-electron chi connectivity index (χ2n) is 6.11. The molecular weight excluding hydrogens is 377 g/mol. The fourth-order valence-corrected chi connectivity index (χ4v) is 2.98. The normalized spacial score (nSPS) is 16.9. The molecule has 1 fully saturated rings. The van der Waals surface area contributed by atoms with E-state index >= 15 is 4.39 Å². The summed E-state index contributed by atoms with van der Waals surface area (Å²) in [4.78, 5) is 10.8. The van der Waals surface area contributed by atoms with Gasteiger partial charge in [0.15, 0.2) is 17.3 Å². The summed E-state index contributed by atoms with van der Waals surface area (Å²) in [5.41, 5.74) is 6.21. The van der Waals surface area contributed by atoms with Crippen molar-refractivity contribution in [2.24, 2.45) is 0 Å². The van der Waals surface area contributed by atoms with Crippen molar-refractivity contribution in [2.45, 2.75) is 13.0 Å². The Morgan fingerprint density at radius 3 is 2.78 bits per heavy atom. The summed E-state index contributed by atoms with van der Waals surface area (Å²) >= 11 is 0. The van der Waals surface area contributed by atoms with Gasteiger partial charge in [0, 0.05) is 38.2 Å². The monoisotopic (exact) mass is 401 g/mol. The van der Waals surface area contributed by atoms with Gasteiger partial charge in [-0.25, -0.2) is 9.37 Å². The molecule has 1 atom stereocenters. The summed E-state index contributed by atoms with van der Waals surface area (Å²) in [5.74, 6) is 0.236. The number of nitrogens with zero attached hydrogens (tertiary/aromatic N) is 3. The van der Waals surface area contributed by atoms with E-state index in [0.29, 0.717) is 17.9 Å². The number of anilines is 2. The summed E-state index contributed by atoms with van der Waals surface area (Å²) in [6.07, 6.45) is 0. The lowest BCUT2D eigenvalue weighted by Gasteiger charge is -2.34. The first-order valence-electron chi connectivity index (χ1n) is 8.49. The molecule has 1 aliphatic heterocycles. The predicted octanol–water partition coefficient (Wildman–Crippen LogP) is 1.60. The van der Waals surface area contributed by atoms with Crippen molar-refractivity contribution in [3.8, 4) is 11.5 Å². The van der Waals surface area contributed by atoms with Gasteiger partial charge in [-0.3, -0.25) is 0 Å². The van der Waals surface area contributed by atoms with Crippen LogP contribution in [0.15, 0.2) is 6.07 Å². The number of hydrogen-bond donors (Lipinski definition) is 2. The summed E-state index contributed by atoms with van der Waals surface area (Å²) in [6.45, 7) is 4.91. The minimum atomic E-state index is -0.617. The molecule has 2 heterocycles. The summed E-state index contributed by atoms with van der Waals surface area (Å²) in [5, 5.41) is 3.69. The number of benzene rings is 1. The molecule has 0 bridgehead atoms. The van der Waals surface area contributed by atoms with Crippen LogP contribution in [0.2, 0.25) is 0 Å². The zero-order valence-electron chi connectivity index (χ0n) is 15.6. The summed E-state index contributed by atoms with van der Waals surface area (Å²) < 4.78 is 30.8. The highest BCUT2D eigenvalue weighted by atomic mass is 35.5. The summed E-state index contributed by atoms with van der Waals surface area (Å²) in [6, 6.07) is 1.78. The highest BCUT2D eigenvalue weighted by Gasteiger charge is 2.24. The van der Waals surface area contributed by atoms with E-state index < -0.39 is 5.82 Å². The van der Waals surface area contributed by atoms with Crippen LogP contribution in [-0.2, 0) is 4.74 Å². The van der Waals surface area contributed by atoms with Gasteiger partial charge in [0.2, 0.25) is 5.95 Å². The van der Waals surface area contributed by atoms with Gasteiger partial charge in [0.25, 0.3) is 0 Å². The van der Waals surface area contributed by atoms with Crippen LogP contribution in [0.4, 0.5) is 16.2 Å². The highest BCUT2D eigenvalue weighted by Crippen LogP contribution is 2.38. The van der Waals surface area contributed by atoms with E-state index in [-0.39, 0.29) is 47.9 Å². The largest absolute Gasteiger partial charge is 0.493 e. The second kappa shape index (κ2) is 9.20. The van der Waals surface area contributed by atoms with Crippen LogP contribution in [0.1, 0.15) is 6.92 Å². The van der Waals surface area contributed by atoms with Gasteiger partial charge < -0.3 is 30.2 Å². The average molecular weight is 402 g/mol. The Kier molecular flexibility index (Phi) is 7.23. The van der Waals surface area contributed by atoms with E-state index in [4.69, 9.17) is 19.9 Å². The van der Waals surface area contributed by atoms with E-state index in [1.165, 1.54) is 7.11 Å². The van der Waals surface area contributed by atoms with E-state index in [1.807, 2.05) is 4.90 Å². The van der Waals surface area contributed by atoms with Gasteiger partial charge in [-0.1, -0.05) is 0 Å². The van der Waals surface area contributed by atoms with Crippen LogP contribution in [0.3, 0.4) is 0 Å². The van der Waals surface area contributed by atoms with Gasteiger partial charge in [-0.05, 0) is 13.0 Å². The molecule has 0 spiro atoms. The molecule has 2 aromatic rings. The van der Waals surface area contributed by atoms with Gasteiger partial charge in [0.05, 0.1) is 13.7 Å². The maximum Gasteiger partial charge on any atom is 0.228 e. The number of hydrogen-bond acceptors (Lipinski definition) is 8. The minimum absolute atomic E-state index is 0. The predicted molar refractivity (Wildman–Crippen MR) is 105 cm³/mol. The van der Waals surface area contributed by atoms with Crippen LogP contribution >= 0.6 is 12.4 Å². The molecule has 0 aliphatic carbocycles. The molecule has 0 radical (unpaired) electrons. The van der Waals surface area contributed by atoms with Crippen LogP contribution in [-0.4, -0.2) is 63.1 Å².